The highest BCUT2D eigenvalue weighted by Gasteiger charge is 2.12. The first-order chi connectivity index (χ1) is 7.04. The van der Waals surface area contributed by atoms with Crippen LogP contribution in [-0.4, -0.2) is 5.91 Å². The number of carbonyl (C=O) groups excluding carboxylic acids is 1. The maximum absolute atomic E-state index is 11.6. The van der Waals surface area contributed by atoms with Gasteiger partial charge in [0.1, 0.15) is 0 Å². The minimum Gasteiger partial charge on any atom is -0.325 e. The van der Waals surface area contributed by atoms with Crippen molar-refractivity contribution in [3.8, 4) is 0 Å². The van der Waals surface area contributed by atoms with Crippen LogP contribution in [0.4, 0.5) is 5.69 Å². The first-order valence-electron chi connectivity index (χ1n) is 4.80. The average Bonchev–Trinajstić information content (AvgIpc) is 2.20. The number of hydrogen-bond donors (Lipinski definition) is 1. The molecular weight excluding hydrogens is 233 g/mol. The van der Waals surface area contributed by atoms with Gasteiger partial charge in [-0.3, -0.25) is 4.79 Å². The number of halogens is 2. The van der Waals surface area contributed by atoms with Crippen LogP contribution >= 0.6 is 23.2 Å². The fourth-order valence-corrected chi connectivity index (χ4v) is 1.49. The summed E-state index contributed by atoms with van der Waals surface area (Å²) in [7, 11) is 0. The fourth-order valence-electron chi connectivity index (χ4n) is 1.03. The lowest BCUT2D eigenvalue weighted by Gasteiger charge is -2.11. The normalized spacial score (nSPS) is 12.3. The van der Waals surface area contributed by atoms with E-state index in [-0.39, 0.29) is 11.8 Å². The van der Waals surface area contributed by atoms with Crippen LogP contribution in [0, 0.1) is 5.92 Å². The standard InChI is InChI=1S/C11H13Cl2NO/c1-3-7(2)11(15)14-10-5-4-8(12)6-9(10)13/h4-7H,3H2,1-2H3,(H,14,15)/t7-/m0/s1. The molecule has 0 heterocycles. The molecule has 0 saturated carbocycles. The molecule has 1 amide bonds. The predicted molar refractivity (Wildman–Crippen MR) is 64.5 cm³/mol. The maximum Gasteiger partial charge on any atom is 0.227 e. The van der Waals surface area contributed by atoms with E-state index in [1.54, 1.807) is 18.2 Å². The molecule has 1 aromatic carbocycles. The van der Waals surface area contributed by atoms with Gasteiger partial charge in [-0.2, -0.15) is 0 Å². The summed E-state index contributed by atoms with van der Waals surface area (Å²) in [6.07, 6.45) is 0.803. The van der Waals surface area contributed by atoms with E-state index >= 15 is 0 Å². The zero-order chi connectivity index (χ0) is 11.4. The molecule has 0 saturated heterocycles. The second kappa shape index (κ2) is 5.38. The highest BCUT2D eigenvalue weighted by atomic mass is 35.5. The summed E-state index contributed by atoms with van der Waals surface area (Å²) >= 11 is 11.7. The Morgan fingerprint density at radius 3 is 2.67 bits per heavy atom. The quantitative estimate of drug-likeness (QED) is 0.858. The van der Waals surface area contributed by atoms with E-state index in [1.807, 2.05) is 13.8 Å². The number of carbonyl (C=O) groups is 1. The molecule has 1 N–H and O–H groups in total. The Kier molecular flexibility index (Phi) is 4.43. The van der Waals surface area contributed by atoms with Crippen LogP contribution in [0.5, 0.6) is 0 Å². The Morgan fingerprint density at radius 2 is 2.13 bits per heavy atom. The van der Waals surface area contributed by atoms with Crippen molar-refractivity contribution in [1.29, 1.82) is 0 Å². The summed E-state index contributed by atoms with van der Waals surface area (Å²) in [6, 6.07) is 5.00. The largest absolute Gasteiger partial charge is 0.325 e. The molecule has 15 heavy (non-hydrogen) atoms. The molecule has 0 aliphatic rings. The summed E-state index contributed by atoms with van der Waals surface area (Å²) in [5.74, 6) is -0.0431. The monoisotopic (exact) mass is 245 g/mol. The van der Waals surface area contributed by atoms with Crippen LogP contribution in [0.3, 0.4) is 0 Å². The zero-order valence-electron chi connectivity index (χ0n) is 8.68. The van der Waals surface area contributed by atoms with Gasteiger partial charge in [0, 0.05) is 10.9 Å². The molecule has 0 fully saturated rings. The predicted octanol–water partition coefficient (Wildman–Crippen LogP) is 3.98. The highest BCUT2D eigenvalue weighted by Crippen LogP contribution is 2.25. The van der Waals surface area contributed by atoms with E-state index < -0.39 is 0 Å². The van der Waals surface area contributed by atoms with Crippen molar-refractivity contribution in [1.82, 2.24) is 0 Å². The third-order valence-corrected chi connectivity index (χ3v) is 2.80. The molecule has 0 unspecified atom stereocenters. The van der Waals surface area contributed by atoms with Crippen molar-refractivity contribution >= 4 is 34.8 Å². The topological polar surface area (TPSA) is 29.1 Å². The Morgan fingerprint density at radius 1 is 1.47 bits per heavy atom. The van der Waals surface area contributed by atoms with Crippen LogP contribution in [0.25, 0.3) is 0 Å². The summed E-state index contributed by atoms with van der Waals surface area (Å²) in [5, 5.41) is 3.77. The number of rotatable bonds is 3. The molecule has 82 valence electrons. The van der Waals surface area contributed by atoms with Gasteiger partial charge in [0.05, 0.1) is 10.7 Å². The van der Waals surface area contributed by atoms with Crippen molar-refractivity contribution in [2.24, 2.45) is 5.92 Å². The molecule has 1 atom stereocenters. The van der Waals surface area contributed by atoms with Crippen molar-refractivity contribution in [3.63, 3.8) is 0 Å². The second-order valence-corrected chi connectivity index (χ2v) is 4.27. The Balaban J connectivity index is 2.77. The first-order valence-corrected chi connectivity index (χ1v) is 5.56. The van der Waals surface area contributed by atoms with E-state index in [1.165, 1.54) is 0 Å². The molecule has 4 heteroatoms. The minimum atomic E-state index is -0.0262. The fraction of sp³-hybridized carbons (Fsp3) is 0.364. The number of anilines is 1. The minimum absolute atomic E-state index is 0.0169. The molecule has 0 aliphatic carbocycles. The summed E-state index contributed by atoms with van der Waals surface area (Å²) < 4.78 is 0. The lowest BCUT2D eigenvalue weighted by Crippen LogP contribution is -2.19. The average molecular weight is 246 g/mol. The van der Waals surface area contributed by atoms with Gasteiger partial charge in [-0.25, -0.2) is 0 Å². The molecule has 0 aromatic heterocycles. The van der Waals surface area contributed by atoms with Crippen molar-refractivity contribution in [2.45, 2.75) is 20.3 Å². The lowest BCUT2D eigenvalue weighted by molar-refractivity contribution is -0.119. The van der Waals surface area contributed by atoms with Gasteiger partial charge < -0.3 is 5.32 Å². The van der Waals surface area contributed by atoms with Crippen LogP contribution in [0.2, 0.25) is 10.0 Å². The molecular formula is C11H13Cl2NO. The highest BCUT2D eigenvalue weighted by molar-refractivity contribution is 6.36. The first kappa shape index (κ1) is 12.3. The van der Waals surface area contributed by atoms with E-state index in [0.717, 1.165) is 6.42 Å². The summed E-state index contributed by atoms with van der Waals surface area (Å²) in [6.45, 7) is 3.84. The van der Waals surface area contributed by atoms with Crippen molar-refractivity contribution < 1.29 is 4.79 Å². The van der Waals surface area contributed by atoms with E-state index in [0.29, 0.717) is 15.7 Å². The Hall–Kier alpha value is -0.730. The van der Waals surface area contributed by atoms with Gasteiger partial charge in [-0.05, 0) is 24.6 Å². The molecule has 2 nitrogen and oxygen atoms in total. The number of amides is 1. The second-order valence-electron chi connectivity index (χ2n) is 3.42. The third kappa shape index (κ3) is 3.40. The van der Waals surface area contributed by atoms with E-state index in [2.05, 4.69) is 5.32 Å². The van der Waals surface area contributed by atoms with Gasteiger partial charge in [-0.1, -0.05) is 37.0 Å². The molecule has 0 spiro atoms. The van der Waals surface area contributed by atoms with Gasteiger partial charge in [0.25, 0.3) is 0 Å². The number of benzene rings is 1. The summed E-state index contributed by atoms with van der Waals surface area (Å²) in [4.78, 5) is 11.6. The van der Waals surface area contributed by atoms with Crippen molar-refractivity contribution in [3.05, 3.63) is 28.2 Å². The molecule has 0 radical (unpaired) electrons. The lowest BCUT2D eigenvalue weighted by atomic mass is 10.1. The third-order valence-electron chi connectivity index (χ3n) is 2.25. The van der Waals surface area contributed by atoms with E-state index in [9.17, 15) is 4.79 Å². The SMILES string of the molecule is CC[C@H](C)C(=O)Nc1ccc(Cl)cc1Cl. The molecule has 1 rings (SSSR count). The molecule has 0 bridgehead atoms. The van der Waals surface area contributed by atoms with Crippen LogP contribution < -0.4 is 5.32 Å². The van der Waals surface area contributed by atoms with Crippen LogP contribution in [0.1, 0.15) is 20.3 Å². The molecule has 1 aromatic rings. The van der Waals surface area contributed by atoms with Crippen LogP contribution in [-0.2, 0) is 4.79 Å². The number of hydrogen-bond acceptors (Lipinski definition) is 1. The Bertz CT molecular complexity index is 366. The van der Waals surface area contributed by atoms with Gasteiger partial charge in [0.2, 0.25) is 5.91 Å². The zero-order valence-corrected chi connectivity index (χ0v) is 10.2. The van der Waals surface area contributed by atoms with Crippen LogP contribution in [0.15, 0.2) is 18.2 Å². The van der Waals surface area contributed by atoms with Gasteiger partial charge in [-0.15, -0.1) is 0 Å². The van der Waals surface area contributed by atoms with Gasteiger partial charge in [0.15, 0.2) is 0 Å². The van der Waals surface area contributed by atoms with E-state index in [4.69, 9.17) is 23.2 Å². The molecule has 0 aliphatic heterocycles. The summed E-state index contributed by atoms with van der Waals surface area (Å²) in [5.41, 5.74) is 0.603. The smallest absolute Gasteiger partial charge is 0.227 e. The van der Waals surface area contributed by atoms with Crippen molar-refractivity contribution in [2.75, 3.05) is 5.32 Å². The number of nitrogens with one attached hydrogen (secondary N) is 1. The van der Waals surface area contributed by atoms with Gasteiger partial charge >= 0.3 is 0 Å². The Labute approximate surface area is 99.6 Å². The maximum atomic E-state index is 11.6.